The number of hydrogen-bond donors (Lipinski definition) is 1. The van der Waals surface area contributed by atoms with Crippen molar-refractivity contribution in [1.82, 2.24) is 10.4 Å². The van der Waals surface area contributed by atoms with Gasteiger partial charge in [-0.1, -0.05) is 18.2 Å². The number of nitrogens with zero attached hydrogens (tertiary/aromatic N) is 1. The fourth-order valence-corrected chi connectivity index (χ4v) is 5.00. The third-order valence-corrected chi connectivity index (χ3v) is 7.04. The summed E-state index contributed by atoms with van der Waals surface area (Å²) < 4.78 is 44.9. The Morgan fingerprint density at radius 1 is 1.18 bits per heavy atom. The molecule has 4 atom stereocenters. The van der Waals surface area contributed by atoms with Crippen molar-refractivity contribution in [3.8, 4) is 0 Å². The third-order valence-electron chi connectivity index (χ3n) is 7.04. The topological polar surface area (TPSA) is 78.5 Å². The van der Waals surface area contributed by atoms with E-state index in [2.05, 4.69) is 5.43 Å². The molecule has 4 fully saturated rings. The van der Waals surface area contributed by atoms with Crippen LogP contribution in [0.15, 0.2) is 24.3 Å². The van der Waals surface area contributed by atoms with Crippen LogP contribution in [0, 0.1) is 11.7 Å². The molecule has 1 amide bonds. The van der Waals surface area contributed by atoms with Crippen molar-refractivity contribution in [2.75, 3.05) is 32.9 Å². The Bertz CT molecular complexity index is 875. The number of fused-ring (bicyclic) bond motifs is 1. The van der Waals surface area contributed by atoms with Gasteiger partial charge in [0.05, 0.1) is 32.0 Å². The van der Waals surface area contributed by atoms with Gasteiger partial charge in [-0.3, -0.25) is 10.2 Å². The molecule has 0 spiro atoms. The Morgan fingerprint density at radius 3 is 2.68 bits per heavy atom. The summed E-state index contributed by atoms with van der Waals surface area (Å²) in [5, 5.41) is 1.85. The molecule has 1 aromatic carbocycles. The number of halogens is 1. The smallest absolute Gasteiger partial charge is 0.266 e. The van der Waals surface area contributed by atoms with Gasteiger partial charge < -0.3 is 23.7 Å². The van der Waals surface area contributed by atoms with Gasteiger partial charge in [-0.25, -0.2) is 9.40 Å². The minimum atomic E-state index is -1.25. The summed E-state index contributed by atoms with van der Waals surface area (Å²) in [5.74, 6) is -0.842. The molecule has 1 unspecified atom stereocenters. The maximum Gasteiger partial charge on any atom is 0.266 e. The Morgan fingerprint density at radius 2 is 1.94 bits per heavy atom. The van der Waals surface area contributed by atoms with Crippen LogP contribution in [-0.2, 0) is 35.1 Å². The summed E-state index contributed by atoms with van der Waals surface area (Å²) >= 11 is 0. The lowest BCUT2D eigenvalue weighted by Gasteiger charge is -2.44. The van der Waals surface area contributed by atoms with Crippen LogP contribution >= 0.6 is 0 Å². The molecule has 5 rings (SSSR count). The monoisotopic (exact) mass is 478 g/mol. The molecule has 9 heteroatoms. The van der Waals surface area contributed by atoms with E-state index in [0.29, 0.717) is 57.2 Å². The number of nitrogens with one attached hydrogen (secondary N) is 1. The summed E-state index contributed by atoms with van der Waals surface area (Å²) in [7, 11) is 0. The van der Waals surface area contributed by atoms with Gasteiger partial charge in [-0.15, -0.1) is 0 Å². The number of ether oxygens (including phenoxy) is 5. The van der Waals surface area contributed by atoms with Gasteiger partial charge >= 0.3 is 0 Å². The Kier molecular flexibility index (Phi) is 6.94. The van der Waals surface area contributed by atoms with Gasteiger partial charge in [-0.05, 0) is 38.7 Å². The van der Waals surface area contributed by atoms with Crippen molar-refractivity contribution < 1.29 is 32.9 Å². The van der Waals surface area contributed by atoms with Crippen LogP contribution in [0.25, 0.3) is 0 Å². The summed E-state index contributed by atoms with van der Waals surface area (Å²) in [6.07, 6.45) is 1.92. The number of carbonyl (C=O) groups excluding carboxylic acids is 1. The van der Waals surface area contributed by atoms with Gasteiger partial charge in [0.1, 0.15) is 11.9 Å². The molecule has 0 radical (unpaired) electrons. The fraction of sp³-hybridized carbons (Fsp3) is 0.720. The van der Waals surface area contributed by atoms with Gasteiger partial charge in [0, 0.05) is 38.1 Å². The summed E-state index contributed by atoms with van der Waals surface area (Å²) in [6, 6.07) is 6.47. The lowest BCUT2D eigenvalue weighted by atomic mass is 9.78. The second kappa shape index (κ2) is 9.79. The third kappa shape index (κ3) is 5.45. The van der Waals surface area contributed by atoms with E-state index >= 15 is 0 Å². The maximum absolute atomic E-state index is 14.4. The summed E-state index contributed by atoms with van der Waals surface area (Å²) in [5.41, 5.74) is 2.18. The number of amides is 1. The van der Waals surface area contributed by atoms with E-state index in [1.165, 1.54) is 6.07 Å². The standard InChI is InChI=1S/C25H35FN2O6/c1-24(2)33-21-14-25(23(29)27-28-9-11-30-12-10-28,32-16-18-5-3-4-6-19(18)26)13-20(22(21)34-24)31-15-17-7-8-17/h3-6,17,20-22H,7-16H2,1-2H3,(H,27,29)/t20?,21-,22+,25-/m1/s1. The first-order valence-electron chi connectivity index (χ1n) is 12.3. The van der Waals surface area contributed by atoms with E-state index in [1.807, 2.05) is 18.9 Å². The van der Waals surface area contributed by atoms with Crippen LogP contribution in [0.4, 0.5) is 4.39 Å². The van der Waals surface area contributed by atoms with E-state index in [0.717, 1.165) is 12.8 Å². The van der Waals surface area contributed by atoms with Crippen LogP contribution in [-0.4, -0.2) is 73.5 Å². The molecule has 2 saturated heterocycles. The number of hydrogen-bond acceptors (Lipinski definition) is 7. The number of rotatable bonds is 8. The van der Waals surface area contributed by atoms with E-state index in [9.17, 15) is 9.18 Å². The summed E-state index contributed by atoms with van der Waals surface area (Å²) in [4.78, 5) is 13.8. The highest BCUT2D eigenvalue weighted by molar-refractivity contribution is 5.85. The molecule has 34 heavy (non-hydrogen) atoms. The number of benzene rings is 1. The van der Waals surface area contributed by atoms with Crippen molar-refractivity contribution in [2.45, 2.75) is 75.8 Å². The van der Waals surface area contributed by atoms with Gasteiger partial charge in [0.25, 0.3) is 5.91 Å². The molecule has 2 heterocycles. The minimum Gasteiger partial charge on any atom is -0.379 e. The number of morpholine rings is 1. The van der Waals surface area contributed by atoms with Gasteiger partial charge in [0.2, 0.25) is 0 Å². The molecule has 1 aromatic rings. The second-order valence-electron chi connectivity index (χ2n) is 10.3. The predicted octanol–water partition coefficient (Wildman–Crippen LogP) is 2.55. The first kappa shape index (κ1) is 24.1. The first-order chi connectivity index (χ1) is 16.3. The average molecular weight is 479 g/mol. The molecular weight excluding hydrogens is 443 g/mol. The second-order valence-corrected chi connectivity index (χ2v) is 10.3. The van der Waals surface area contributed by atoms with Crippen LogP contribution in [0.5, 0.6) is 0 Å². The lowest BCUT2D eigenvalue weighted by molar-refractivity contribution is -0.187. The average Bonchev–Trinajstić information content (AvgIpc) is 3.58. The van der Waals surface area contributed by atoms with Gasteiger partial charge in [0.15, 0.2) is 11.4 Å². The van der Waals surface area contributed by atoms with E-state index in [-0.39, 0.29) is 36.6 Å². The van der Waals surface area contributed by atoms with Crippen molar-refractivity contribution >= 4 is 5.91 Å². The molecule has 0 aromatic heterocycles. The molecular formula is C25H35FN2O6. The highest BCUT2D eigenvalue weighted by Crippen LogP contribution is 2.44. The zero-order valence-electron chi connectivity index (χ0n) is 20.0. The minimum absolute atomic E-state index is 0.0276. The van der Waals surface area contributed by atoms with Crippen molar-refractivity contribution in [2.24, 2.45) is 5.92 Å². The Hall–Kier alpha value is -1.62. The molecule has 1 N–H and O–H groups in total. The quantitative estimate of drug-likeness (QED) is 0.615. The molecule has 0 bridgehead atoms. The lowest BCUT2D eigenvalue weighted by Crippen LogP contribution is -2.63. The molecule has 4 aliphatic rings. The van der Waals surface area contributed by atoms with Crippen molar-refractivity contribution in [1.29, 1.82) is 0 Å². The van der Waals surface area contributed by atoms with Crippen LogP contribution in [0.3, 0.4) is 0 Å². The molecule has 2 aliphatic carbocycles. The SMILES string of the molecule is CC1(C)O[C@@H]2C[C@@](OCc3ccccc3F)(C(=O)NN3CCOCC3)CC(OCC3CC3)[C@@H]2O1. The highest BCUT2D eigenvalue weighted by atomic mass is 19.1. The molecule has 188 valence electrons. The zero-order valence-corrected chi connectivity index (χ0v) is 20.0. The van der Waals surface area contributed by atoms with Crippen LogP contribution in [0.1, 0.15) is 45.1 Å². The largest absolute Gasteiger partial charge is 0.379 e. The Balaban J connectivity index is 1.40. The van der Waals surface area contributed by atoms with E-state index < -0.39 is 11.4 Å². The van der Waals surface area contributed by atoms with Crippen LogP contribution < -0.4 is 5.43 Å². The molecule has 8 nitrogen and oxygen atoms in total. The molecule has 2 aliphatic heterocycles. The Labute approximate surface area is 200 Å². The fourth-order valence-electron chi connectivity index (χ4n) is 5.00. The van der Waals surface area contributed by atoms with E-state index in [1.54, 1.807) is 18.2 Å². The maximum atomic E-state index is 14.4. The van der Waals surface area contributed by atoms with Gasteiger partial charge in [-0.2, -0.15) is 0 Å². The van der Waals surface area contributed by atoms with Crippen molar-refractivity contribution in [3.63, 3.8) is 0 Å². The van der Waals surface area contributed by atoms with E-state index in [4.69, 9.17) is 23.7 Å². The number of hydrazine groups is 1. The van der Waals surface area contributed by atoms with Crippen LogP contribution in [0.2, 0.25) is 0 Å². The normalized spacial score (nSPS) is 33.4. The summed E-state index contributed by atoms with van der Waals surface area (Å²) in [6.45, 7) is 6.63. The van der Waals surface area contributed by atoms with Crippen molar-refractivity contribution in [3.05, 3.63) is 35.6 Å². The molecule has 2 saturated carbocycles. The zero-order chi connectivity index (χ0) is 23.8. The highest BCUT2D eigenvalue weighted by Gasteiger charge is 2.58. The predicted molar refractivity (Wildman–Crippen MR) is 120 cm³/mol. The number of carbonyl (C=O) groups is 1. The first-order valence-corrected chi connectivity index (χ1v) is 12.3.